The van der Waals surface area contributed by atoms with Crippen LogP contribution in [0.1, 0.15) is 42.1 Å². The molecule has 2 saturated heterocycles. The number of rotatable bonds is 6. The predicted molar refractivity (Wildman–Crippen MR) is 87.8 cm³/mol. The molecule has 2 aliphatic rings. The van der Waals surface area contributed by atoms with E-state index in [1.54, 1.807) is 6.92 Å². The molecule has 2 heterocycles. The zero-order valence-corrected chi connectivity index (χ0v) is 15.6. The maximum absolute atomic E-state index is 13.4. The molecule has 3 atom stereocenters. The summed E-state index contributed by atoms with van der Waals surface area (Å²) in [5, 5.41) is 0. The number of carbonyl (C=O) groups excluding carboxylic acids is 1. The van der Waals surface area contributed by atoms with Crippen LogP contribution in [0.25, 0.3) is 0 Å². The van der Waals surface area contributed by atoms with Gasteiger partial charge in [0.1, 0.15) is 18.0 Å². The quantitative estimate of drug-likeness (QED) is 0.512. The third-order valence-electron chi connectivity index (χ3n) is 4.85. The minimum atomic E-state index is -4.71. The number of esters is 1. The van der Waals surface area contributed by atoms with E-state index < -0.39 is 51.5 Å². The highest BCUT2D eigenvalue weighted by Crippen LogP contribution is 2.46. The van der Waals surface area contributed by atoms with Gasteiger partial charge in [-0.2, -0.15) is 13.2 Å². The van der Waals surface area contributed by atoms with Gasteiger partial charge in [-0.15, -0.1) is 0 Å². The molecular weight excluding hydrogens is 405 g/mol. The average Bonchev–Trinajstić information content (AvgIpc) is 3.12. The summed E-state index contributed by atoms with van der Waals surface area (Å²) in [6.07, 6.45) is -3.17. The van der Waals surface area contributed by atoms with Crippen molar-refractivity contribution in [2.75, 3.05) is 12.4 Å². The first-order chi connectivity index (χ1) is 12.9. The molecule has 2 aliphatic heterocycles. The van der Waals surface area contributed by atoms with E-state index in [4.69, 9.17) is 9.47 Å². The summed E-state index contributed by atoms with van der Waals surface area (Å²) >= 11 is 0. The summed E-state index contributed by atoms with van der Waals surface area (Å²) in [5.41, 5.74) is -2.25. The van der Waals surface area contributed by atoms with Gasteiger partial charge in [0.2, 0.25) is 0 Å². The van der Waals surface area contributed by atoms with Crippen LogP contribution in [0.2, 0.25) is 0 Å². The summed E-state index contributed by atoms with van der Waals surface area (Å²) in [5.74, 6) is -2.52. The molecule has 2 fully saturated rings. The molecule has 7 nitrogen and oxygen atoms in total. The molecule has 28 heavy (non-hydrogen) atoms. The summed E-state index contributed by atoms with van der Waals surface area (Å²) in [7, 11) is -4.58. The fourth-order valence-electron chi connectivity index (χ4n) is 3.53. The molecule has 1 aromatic rings. The number of halogens is 3. The van der Waals surface area contributed by atoms with Gasteiger partial charge >= 0.3 is 12.1 Å². The first-order valence-corrected chi connectivity index (χ1v) is 10.1. The van der Waals surface area contributed by atoms with E-state index in [9.17, 15) is 30.9 Å². The van der Waals surface area contributed by atoms with Gasteiger partial charge in [-0.1, -0.05) is 0 Å². The number of fused-ring (bicyclic) bond motifs is 2. The monoisotopic (exact) mass is 423 g/mol. The smallest absolute Gasteiger partial charge is 0.419 e. The molecule has 156 valence electrons. The second kappa shape index (κ2) is 7.20. The lowest BCUT2D eigenvalue weighted by Gasteiger charge is -2.33. The largest absolute Gasteiger partial charge is 0.748 e. The van der Waals surface area contributed by atoms with Crippen LogP contribution < -0.4 is 4.74 Å². The number of benzene rings is 1. The number of carbonyl (C=O) groups is 1. The fourth-order valence-corrected chi connectivity index (χ4v) is 3.82. The van der Waals surface area contributed by atoms with Crippen LogP contribution in [-0.4, -0.2) is 49.1 Å². The van der Waals surface area contributed by atoms with E-state index >= 15 is 0 Å². The molecule has 0 saturated carbocycles. The second-order valence-electron chi connectivity index (χ2n) is 7.05. The maximum Gasteiger partial charge on any atom is 0.419 e. The van der Waals surface area contributed by atoms with Crippen LogP contribution >= 0.6 is 0 Å². The van der Waals surface area contributed by atoms with Gasteiger partial charge in [0.15, 0.2) is 0 Å². The summed E-state index contributed by atoms with van der Waals surface area (Å²) in [4.78, 5) is 12.0. The normalized spacial score (nSPS) is 27.0. The van der Waals surface area contributed by atoms with Crippen LogP contribution in [0.5, 0.6) is 5.75 Å². The summed E-state index contributed by atoms with van der Waals surface area (Å²) in [6.45, 7) is 0.971. The van der Waals surface area contributed by atoms with Gasteiger partial charge in [0, 0.05) is 6.42 Å². The van der Waals surface area contributed by atoms with Crippen molar-refractivity contribution in [3.05, 3.63) is 29.3 Å². The van der Waals surface area contributed by atoms with Crippen molar-refractivity contribution in [1.29, 1.82) is 0 Å². The Balaban J connectivity index is 1.82. The van der Waals surface area contributed by atoms with E-state index in [2.05, 4.69) is 4.74 Å². The van der Waals surface area contributed by atoms with Crippen molar-refractivity contribution in [2.45, 2.75) is 50.2 Å². The zero-order chi connectivity index (χ0) is 20.7. The van der Waals surface area contributed by atoms with Crippen LogP contribution in [0.3, 0.4) is 0 Å². The number of hydrogen-bond acceptors (Lipinski definition) is 7. The van der Waals surface area contributed by atoms with Gasteiger partial charge in [0.25, 0.3) is 0 Å². The lowest BCUT2D eigenvalue weighted by molar-refractivity contribution is -0.140. The Morgan fingerprint density at radius 2 is 2.07 bits per heavy atom. The van der Waals surface area contributed by atoms with Crippen LogP contribution in [0.15, 0.2) is 18.2 Å². The molecule has 1 aromatic carbocycles. The van der Waals surface area contributed by atoms with Crippen molar-refractivity contribution in [2.24, 2.45) is 0 Å². The van der Waals surface area contributed by atoms with Gasteiger partial charge in [-0.25, -0.2) is 13.2 Å². The average molecular weight is 423 g/mol. The second-order valence-corrected chi connectivity index (χ2v) is 8.57. The molecule has 11 heteroatoms. The Hall–Kier alpha value is -1.85. The van der Waals surface area contributed by atoms with Gasteiger partial charge in [0.05, 0.1) is 39.2 Å². The molecule has 0 radical (unpaired) electrons. The van der Waals surface area contributed by atoms with Crippen molar-refractivity contribution >= 4 is 16.1 Å². The summed E-state index contributed by atoms with van der Waals surface area (Å²) in [6, 6.07) is 2.52. The molecular formula is C17H18F3O7S-. The van der Waals surface area contributed by atoms with Crippen molar-refractivity contribution in [3.63, 3.8) is 0 Å². The molecule has 0 aliphatic carbocycles. The first-order valence-electron chi connectivity index (χ1n) is 8.54. The molecule has 0 N–H and O–H groups in total. The number of ether oxygens (including phenoxy) is 3. The van der Waals surface area contributed by atoms with E-state index in [0.717, 1.165) is 18.6 Å². The van der Waals surface area contributed by atoms with Crippen LogP contribution in [0, 0.1) is 0 Å². The number of hydrogen-bond donors (Lipinski definition) is 0. The van der Waals surface area contributed by atoms with Gasteiger partial charge in [-0.3, -0.25) is 0 Å². The predicted octanol–water partition coefficient (Wildman–Crippen LogP) is 2.50. The van der Waals surface area contributed by atoms with Gasteiger partial charge < -0.3 is 18.8 Å². The third kappa shape index (κ3) is 4.58. The molecule has 0 spiro atoms. The van der Waals surface area contributed by atoms with Crippen LogP contribution in [0.4, 0.5) is 13.2 Å². The molecule has 2 bridgehead atoms. The Bertz CT molecular complexity index is 868. The molecule has 3 unspecified atom stereocenters. The standard InChI is InChI=1S/C17H19F3O7S/c1-16(9-11-3-5-14(16)26-11)27-13-8-10(2-4-12(13)17(18,19)20)15(21)25-6-7-28(22,23)24/h2,4,8,11,14H,3,5-7,9H2,1H3,(H,22,23,24)/p-1. The topological polar surface area (TPSA) is 102 Å². The lowest BCUT2D eigenvalue weighted by Crippen LogP contribution is -2.42. The lowest BCUT2D eigenvalue weighted by atomic mass is 9.86. The van der Waals surface area contributed by atoms with E-state index in [1.807, 2.05) is 0 Å². The van der Waals surface area contributed by atoms with Crippen molar-refractivity contribution in [3.8, 4) is 5.75 Å². The van der Waals surface area contributed by atoms with Crippen molar-refractivity contribution in [1.82, 2.24) is 0 Å². The Morgan fingerprint density at radius 3 is 2.61 bits per heavy atom. The van der Waals surface area contributed by atoms with E-state index in [-0.39, 0.29) is 17.8 Å². The Morgan fingerprint density at radius 1 is 1.36 bits per heavy atom. The SMILES string of the molecule is CC1(Oc2cc(C(=O)OCCS(=O)(=O)[O-])ccc2C(F)(F)F)CC2CCC1O2. The maximum atomic E-state index is 13.4. The third-order valence-corrected chi connectivity index (χ3v) is 5.52. The summed E-state index contributed by atoms with van der Waals surface area (Å²) < 4.78 is 87.8. The zero-order valence-electron chi connectivity index (χ0n) is 14.8. The van der Waals surface area contributed by atoms with Crippen molar-refractivity contribution < 1.29 is 45.1 Å². The fraction of sp³-hybridized carbons (Fsp3) is 0.588. The Labute approximate surface area is 159 Å². The highest BCUT2D eigenvalue weighted by Gasteiger charge is 2.52. The van der Waals surface area contributed by atoms with Gasteiger partial charge in [-0.05, 0) is 38.0 Å². The molecule has 0 amide bonds. The Kier molecular flexibility index (Phi) is 5.36. The highest BCUT2D eigenvalue weighted by molar-refractivity contribution is 7.85. The first kappa shape index (κ1) is 20.9. The van der Waals surface area contributed by atoms with Crippen LogP contribution in [-0.2, 0) is 25.8 Å². The minimum Gasteiger partial charge on any atom is -0.748 e. The van der Waals surface area contributed by atoms with E-state index in [1.165, 1.54) is 0 Å². The molecule has 3 rings (SSSR count). The molecule has 0 aromatic heterocycles. The van der Waals surface area contributed by atoms with E-state index in [0.29, 0.717) is 18.9 Å². The minimum absolute atomic E-state index is 0.0634. The highest BCUT2D eigenvalue weighted by atomic mass is 32.2. The number of alkyl halides is 3.